The van der Waals surface area contributed by atoms with E-state index in [9.17, 15) is 13.2 Å². The van der Waals surface area contributed by atoms with Crippen LogP contribution in [0.3, 0.4) is 0 Å². The van der Waals surface area contributed by atoms with Gasteiger partial charge in [-0.3, -0.25) is 4.79 Å². The standard InChI is InChI=1S/C14H19NO4S/c1-11-4-2-3-5-13(11)20(18,19)15-9-8-12(10-15)6-7-14(16)17/h2-5,12H,6-10H2,1H3,(H,16,17). The molecule has 5 nitrogen and oxygen atoms in total. The van der Waals surface area contributed by atoms with E-state index in [1.165, 1.54) is 4.31 Å². The first kappa shape index (κ1) is 15.0. The minimum absolute atomic E-state index is 0.100. The number of sulfonamides is 1. The molecule has 1 fully saturated rings. The highest BCUT2D eigenvalue weighted by Gasteiger charge is 2.33. The van der Waals surface area contributed by atoms with Gasteiger partial charge in [-0.25, -0.2) is 8.42 Å². The van der Waals surface area contributed by atoms with Crippen LogP contribution in [0.1, 0.15) is 24.8 Å². The number of carboxylic acids is 1. The smallest absolute Gasteiger partial charge is 0.303 e. The summed E-state index contributed by atoms with van der Waals surface area (Å²) in [6.07, 6.45) is 1.37. The molecule has 1 heterocycles. The number of hydrogen-bond donors (Lipinski definition) is 1. The molecule has 0 spiro atoms. The number of benzene rings is 1. The Bertz CT molecular complexity index is 597. The average Bonchev–Trinajstić information content (AvgIpc) is 2.86. The van der Waals surface area contributed by atoms with Crippen molar-refractivity contribution in [3.05, 3.63) is 29.8 Å². The summed E-state index contributed by atoms with van der Waals surface area (Å²) < 4.78 is 26.6. The van der Waals surface area contributed by atoms with Crippen LogP contribution in [0.5, 0.6) is 0 Å². The van der Waals surface area contributed by atoms with Crippen LogP contribution in [-0.2, 0) is 14.8 Å². The van der Waals surface area contributed by atoms with E-state index < -0.39 is 16.0 Å². The van der Waals surface area contributed by atoms with Gasteiger partial charge in [0.2, 0.25) is 10.0 Å². The van der Waals surface area contributed by atoms with Crippen LogP contribution in [0.2, 0.25) is 0 Å². The molecule has 1 N–H and O–H groups in total. The van der Waals surface area contributed by atoms with Crippen LogP contribution >= 0.6 is 0 Å². The number of carboxylic acid groups (broad SMARTS) is 1. The molecule has 1 aromatic carbocycles. The zero-order chi connectivity index (χ0) is 14.8. The Balaban J connectivity index is 2.09. The molecule has 1 aromatic rings. The first-order valence-electron chi connectivity index (χ1n) is 6.69. The van der Waals surface area contributed by atoms with Crippen LogP contribution in [0, 0.1) is 12.8 Å². The first-order chi connectivity index (χ1) is 9.41. The average molecular weight is 297 g/mol. The highest BCUT2D eigenvalue weighted by Crippen LogP contribution is 2.28. The molecular formula is C14H19NO4S. The molecule has 110 valence electrons. The molecular weight excluding hydrogens is 278 g/mol. The van der Waals surface area contributed by atoms with Crippen molar-refractivity contribution in [2.45, 2.75) is 31.1 Å². The summed E-state index contributed by atoms with van der Waals surface area (Å²) >= 11 is 0. The topological polar surface area (TPSA) is 74.7 Å². The van der Waals surface area contributed by atoms with E-state index in [1.807, 2.05) is 6.07 Å². The van der Waals surface area contributed by atoms with E-state index in [2.05, 4.69) is 0 Å². The molecule has 1 saturated heterocycles. The lowest BCUT2D eigenvalue weighted by molar-refractivity contribution is -0.137. The van der Waals surface area contributed by atoms with E-state index in [1.54, 1.807) is 25.1 Å². The van der Waals surface area contributed by atoms with Gasteiger partial charge < -0.3 is 5.11 Å². The van der Waals surface area contributed by atoms with Crippen LogP contribution in [0.15, 0.2) is 29.2 Å². The summed E-state index contributed by atoms with van der Waals surface area (Å²) in [5.74, 6) is -0.685. The van der Waals surface area contributed by atoms with E-state index in [0.717, 1.165) is 12.0 Å². The largest absolute Gasteiger partial charge is 0.481 e. The maximum Gasteiger partial charge on any atom is 0.303 e. The first-order valence-corrected chi connectivity index (χ1v) is 8.13. The number of rotatable bonds is 5. The Hall–Kier alpha value is -1.40. The molecule has 0 aliphatic carbocycles. The van der Waals surface area contributed by atoms with Crippen molar-refractivity contribution < 1.29 is 18.3 Å². The Morgan fingerprint density at radius 3 is 2.75 bits per heavy atom. The third-order valence-electron chi connectivity index (χ3n) is 3.73. The molecule has 0 aromatic heterocycles. The van der Waals surface area contributed by atoms with Crippen molar-refractivity contribution in [3.63, 3.8) is 0 Å². The third kappa shape index (κ3) is 3.19. The van der Waals surface area contributed by atoms with Crippen LogP contribution in [-0.4, -0.2) is 36.9 Å². The number of carbonyl (C=O) groups is 1. The molecule has 0 radical (unpaired) electrons. The van der Waals surface area contributed by atoms with Crippen molar-refractivity contribution >= 4 is 16.0 Å². The monoisotopic (exact) mass is 297 g/mol. The van der Waals surface area contributed by atoms with Gasteiger partial charge in [-0.1, -0.05) is 18.2 Å². The van der Waals surface area contributed by atoms with Gasteiger partial charge in [0, 0.05) is 19.5 Å². The highest BCUT2D eigenvalue weighted by atomic mass is 32.2. The number of hydrogen-bond acceptors (Lipinski definition) is 3. The Kier molecular flexibility index (Phi) is 4.45. The molecule has 0 saturated carbocycles. The van der Waals surface area contributed by atoms with Crippen molar-refractivity contribution in [2.75, 3.05) is 13.1 Å². The van der Waals surface area contributed by atoms with Crippen LogP contribution in [0.25, 0.3) is 0 Å². The van der Waals surface area contributed by atoms with Crippen LogP contribution in [0.4, 0.5) is 0 Å². The van der Waals surface area contributed by atoms with E-state index in [4.69, 9.17) is 5.11 Å². The summed E-state index contributed by atoms with van der Waals surface area (Å²) in [6, 6.07) is 6.94. The quantitative estimate of drug-likeness (QED) is 0.900. The minimum Gasteiger partial charge on any atom is -0.481 e. The third-order valence-corrected chi connectivity index (χ3v) is 5.75. The fourth-order valence-electron chi connectivity index (χ4n) is 2.56. The lowest BCUT2D eigenvalue weighted by Crippen LogP contribution is -2.29. The van der Waals surface area contributed by atoms with E-state index in [0.29, 0.717) is 24.4 Å². The molecule has 1 aliphatic heterocycles. The van der Waals surface area contributed by atoms with Gasteiger partial charge in [0.15, 0.2) is 0 Å². The van der Waals surface area contributed by atoms with E-state index in [-0.39, 0.29) is 12.3 Å². The van der Waals surface area contributed by atoms with Crippen LogP contribution < -0.4 is 0 Å². The van der Waals surface area contributed by atoms with Gasteiger partial charge in [-0.05, 0) is 37.3 Å². The van der Waals surface area contributed by atoms with Gasteiger partial charge in [-0.2, -0.15) is 4.31 Å². The summed E-state index contributed by atoms with van der Waals surface area (Å²) in [5, 5.41) is 8.68. The van der Waals surface area contributed by atoms with E-state index >= 15 is 0 Å². The molecule has 1 aliphatic rings. The van der Waals surface area contributed by atoms with Gasteiger partial charge in [0.1, 0.15) is 0 Å². The Labute approximate surface area is 119 Å². The van der Waals surface area contributed by atoms with Crippen molar-refractivity contribution in [1.82, 2.24) is 4.31 Å². The molecule has 0 amide bonds. The summed E-state index contributed by atoms with van der Waals surface area (Å²) in [5.41, 5.74) is 0.737. The second-order valence-electron chi connectivity index (χ2n) is 5.22. The predicted octanol–water partition coefficient (Wildman–Crippen LogP) is 1.87. The van der Waals surface area contributed by atoms with Crippen molar-refractivity contribution in [2.24, 2.45) is 5.92 Å². The normalized spacial score (nSPS) is 20.1. The van der Waals surface area contributed by atoms with Crippen molar-refractivity contribution in [3.8, 4) is 0 Å². The van der Waals surface area contributed by atoms with Gasteiger partial charge in [-0.15, -0.1) is 0 Å². The van der Waals surface area contributed by atoms with Crippen molar-refractivity contribution in [1.29, 1.82) is 0 Å². The fourth-order valence-corrected chi connectivity index (χ4v) is 4.32. The lowest BCUT2D eigenvalue weighted by atomic mass is 10.0. The second kappa shape index (κ2) is 5.93. The van der Waals surface area contributed by atoms with Gasteiger partial charge in [0.25, 0.3) is 0 Å². The number of aliphatic carboxylic acids is 1. The maximum atomic E-state index is 12.5. The molecule has 6 heteroatoms. The summed E-state index contributed by atoms with van der Waals surface area (Å²) in [7, 11) is -3.45. The SMILES string of the molecule is Cc1ccccc1S(=O)(=O)N1CCC(CCC(=O)O)C1. The summed E-state index contributed by atoms with van der Waals surface area (Å²) in [6.45, 7) is 2.68. The predicted molar refractivity (Wildman–Crippen MR) is 74.9 cm³/mol. The Morgan fingerprint density at radius 2 is 2.10 bits per heavy atom. The molecule has 2 rings (SSSR count). The molecule has 0 bridgehead atoms. The molecule has 1 unspecified atom stereocenters. The molecule has 20 heavy (non-hydrogen) atoms. The highest BCUT2D eigenvalue weighted by molar-refractivity contribution is 7.89. The molecule has 1 atom stereocenters. The summed E-state index contributed by atoms with van der Waals surface area (Å²) in [4.78, 5) is 10.9. The fraction of sp³-hybridized carbons (Fsp3) is 0.500. The van der Waals surface area contributed by atoms with Gasteiger partial charge in [0.05, 0.1) is 4.90 Å². The number of nitrogens with zero attached hydrogens (tertiary/aromatic N) is 1. The number of aryl methyl sites for hydroxylation is 1. The lowest BCUT2D eigenvalue weighted by Gasteiger charge is -2.17. The zero-order valence-electron chi connectivity index (χ0n) is 11.4. The maximum absolute atomic E-state index is 12.5. The minimum atomic E-state index is -3.45. The second-order valence-corrected chi connectivity index (χ2v) is 7.12. The van der Waals surface area contributed by atoms with Gasteiger partial charge >= 0.3 is 5.97 Å². The Morgan fingerprint density at radius 1 is 1.40 bits per heavy atom. The zero-order valence-corrected chi connectivity index (χ0v) is 12.3.